The molecule has 0 aromatic heterocycles. The van der Waals surface area contributed by atoms with Gasteiger partial charge in [-0.3, -0.25) is 0 Å². The van der Waals surface area contributed by atoms with Gasteiger partial charge in [-0.2, -0.15) is 0 Å². The molecule has 0 bridgehead atoms. The van der Waals surface area contributed by atoms with Gasteiger partial charge in [-0.25, -0.2) is 0 Å². The molecular formula is C13H24O3Sn. The SMILES string of the molecule is CCOC1C[C@H]2CO[C]([Sn]([CH3])([CH3])[CH3])=CC[C@H]2O1. The van der Waals surface area contributed by atoms with E-state index in [-0.39, 0.29) is 6.29 Å². The normalized spacial score (nSPS) is 33.6. The van der Waals surface area contributed by atoms with E-state index in [4.69, 9.17) is 14.2 Å². The first-order chi connectivity index (χ1) is 8.00. The van der Waals surface area contributed by atoms with Crippen molar-refractivity contribution in [1.29, 1.82) is 0 Å². The Morgan fingerprint density at radius 2 is 2.18 bits per heavy atom. The van der Waals surface area contributed by atoms with Crippen molar-refractivity contribution in [3.05, 3.63) is 9.85 Å². The van der Waals surface area contributed by atoms with Gasteiger partial charge in [0.15, 0.2) is 0 Å². The minimum atomic E-state index is -2.04. The summed E-state index contributed by atoms with van der Waals surface area (Å²) in [5.74, 6) is 0.508. The summed E-state index contributed by atoms with van der Waals surface area (Å²) in [7, 11) is 0. The van der Waals surface area contributed by atoms with Crippen molar-refractivity contribution in [1.82, 2.24) is 0 Å². The van der Waals surface area contributed by atoms with E-state index in [0.717, 1.165) is 26.1 Å². The van der Waals surface area contributed by atoms with Gasteiger partial charge in [-0.1, -0.05) is 0 Å². The summed E-state index contributed by atoms with van der Waals surface area (Å²) in [6.07, 6.45) is 4.57. The molecule has 17 heavy (non-hydrogen) atoms. The molecule has 0 amide bonds. The van der Waals surface area contributed by atoms with Crippen LogP contribution < -0.4 is 0 Å². The van der Waals surface area contributed by atoms with E-state index < -0.39 is 18.4 Å². The molecule has 2 rings (SSSR count). The van der Waals surface area contributed by atoms with Gasteiger partial charge in [-0.05, 0) is 0 Å². The molecule has 1 fully saturated rings. The molecule has 1 saturated heterocycles. The van der Waals surface area contributed by atoms with Crippen LogP contribution >= 0.6 is 0 Å². The van der Waals surface area contributed by atoms with Crippen LogP contribution in [0.25, 0.3) is 0 Å². The van der Waals surface area contributed by atoms with Crippen molar-refractivity contribution < 1.29 is 14.2 Å². The fraction of sp³-hybridized carbons (Fsp3) is 0.846. The molecule has 98 valence electrons. The molecule has 3 nitrogen and oxygen atoms in total. The number of hydrogen-bond donors (Lipinski definition) is 0. The van der Waals surface area contributed by atoms with Crippen molar-refractivity contribution in [2.24, 2.45) is 5.92 Å². The van der Waals surface area contributed by atoms with Crippen LogP contribution in [0.5, 0.6) is 0 Å². The molecule has 0 N–H and O–H groups in total. The number of hydrogen-bond acceptors (Lipinski definition) is 3. The van der Waals surface area contributed by atoms with E-state index in [9.17, 15) is 0 Å². The van der Waals surface area contributed by atoms with Gasteiger partial charge in [-0.15, -0.1) is 0 Å². The Labute approximate surface area is 108 Å². The van der Waals surface area contributed by atoms with Crippen LogP contribution in [0.1, 0.15) is 19.8 Å². The molecule has 3 atom stereocenters. The molecule has 0 radical (unpaired) electrons. The molecule has 2 aliphatic heterocycles. The molecular weight excluding hydrogens is 323 g/mol. The van der Waals surface area contributed by atoms with E-state index in [1.807, 2.05) is 6.92 Å². The Hall–Kier alpha value is 0.259. The molecule has 1 unspecified atom stereocenters. The number of fused-ring (bicyclic) bond motifs is 1. The maximum atomic E-state index is 6.03. The number of rotatable bonds is 3. The third-order valence-electron chi connectivity index (χ3n) is 3.43. The zero-order valence-corrected chi connectivity index (χ0v) is 14.2. The van der Waals surface area contributed by atoms with E-state index in [1.54, 1.807) is 0 Å². The topological polar surface area (TPSA) is 27.7 Å². The minimum absolute atomic E-state index is 0.00768. The summed E-state index contributed by atoms with van der Waals surface area (Å²) in [6.45, 7) is 3.55. The fourth-order valence-electron chi connectivity index (χ4n) is 2.48. The Kier molecular flexibility index (Phi) is 4.42. The quantitative estimate of drug-likeness (QED) is 0.735. The number of ether oxygens (including phenoxy) is 3. The molecule has 0 spiro atoms. The zero-order valence-electron chi connectivity index (χ0n) is 11.4. The second kappa shape index (κ2) is 5.49. The van der Waals surface area contributed by atoms with E-state index in [2.05, 4.69) is 20.9 Å². The van der Waals surface area contributed by atoms with Crippen molar-refractivity contribution in [3.8, 4) is 0 Å². The Balaban J connectivity index is 1.97. The molecule has 0 saturated carbocycles. The second-order valence-corrected chi connectivity index (χ2v) is 20.2. The summed E-state index contributed by atoms with van der Waals surface area (Å²) in [4.78, 5) is 7.18. The maximum absolute atomic E-state index is 6.03. The summed E-state index contributed by atoms with van der Waals surface area (Å²) in [5.41, 5.74) is 0. The van der Waals surface area contributed by atoms with E-state index in [0.29, 0.717) is 12.0 Å². The Bertz CT molecular complexity index is 296. The van der Waals surface area contributed by atoms with Gasteiger partial charge in [0.2, 0.25) is 0 Å². The zero-order chi connectivity index (χ0) is 12.5. The van der Waals surface area contributed by atoms with Crippen LogP contribution in [0.2, 0.25) is 14.8 Å². The van der Waals surface area contributed by atoms with Gasteiger partial charge in [0.05, 0.1) is 0 Å². The average molecular weight is 347 g/mol. The van der Waals surface area contributed by atoms with Crippen LogP contribution in [0.15, 0.2) is 9.85 Å². The van der Waals surface area contributed by atoms with E-state index in [1.165, 1.54) is 3.78 Å². The Morgan fingerprint density at radius 3 is 2.82 bits per heavy atom. The molecule has 0 aromatic carbocycles. The first-order valence-electron chi connectivity index (χ1n) is 6.61. The first-order valence-corrected chi connectivity index (χ1v) is 16.6. The molecule has 4 heteroatoms. The van der Waals surface area contributed by atoms with Crippen LogP contribution in [-0.2, 0) is 14.2 Å². The fourth-order valence-corrected chi connectivity index (χ4v) is 6.04. The summed E-state index contributed by atoms with van der Waals surface area (Å²) >= 11 is -2.04. The van der Waals surface area contributed by atoms with Crippen molar-refractivity contribution in [2.75, 3.05) is 13.2 Å². The van der Waals surface area contributed by atoms with Crippen LogP contribution in [-0.4, -0.2) is 44.0 Å². The summed E-state index contributed by atoms with van der Waals surface area (Å²) < 4.78 is 18.8. The van der Waals surface area contributed by atoms with E-state index >= 15 is 0 Å². The Morgan fingerprint density at radius 1 is 1.41 bits per heavy atom. The molecule has 2 aliphatic rings. The third kappa shape index (κ3) is 3.38. The third-order valence-corrected chi connectivity index (χ3v) is 8.64. The predicted molar refractivity (Wildman–Crippen MR) is 70.4 cm³/mol. The molecule has 0 aromatic rings. The standard InChI is InChI=1S/C10H15O3.3CH3.Sn/c1-2-12-10-6-8-7-11-5-3-4-9(8)13-10;;;;/h3,8-10H,2,4,6-7H2,1H3;3*1H3;/t8-,9+,10?;;;;/m0..../s1. The first kappa shape index (κ1) is 13.7. The monoisotopic (exact) mass is 348 g/mol. The molecule has 0 aliphatic carbocycles. The summed E-state index contributed by atoms with van der Waals surface area (Å²) in [5, 5.41) is 0. The van der Waals surface area contributed by atoms with Gasteiger partial charge in [0, 0.05) is 0 Å². The van der Waals surface area contributed by atoms with Crippen molar-refractivity contribution >= 4 is 18.4 Å². The van der Waals surface area contributed by atoms with Crippen LogP contribution in [0.4, 0.5) is 0 Å². The average Bonchev–Trinajstić information content (AvgIpc) is 2.49. The van der Waals surface area contributed by atoms with Crippen molar-refractivity contribution in [2.45, 2.75) is 47.0 Å². The second-order valence-electron chi connectivity index (χ2n) is 5.92. The molecule has 2 heterocycles. The predicted octanol–water partition coefficient (Wildman–Crippen LogP) is 2.94. The van der Waals surface area contributed by atoms with Crippen LogP contribution in [0.3, 0.4) is 0 Å². The van der Waals surface area contributed by atoms with Crippen molar-refractivity contribution in [3.63, 3.8) is 0 Å². The summed E-state index contributed by atoms with van der Waals surface area (Å²) in [6, 6.07) is 0. The van der Waals surface area contributed by atoms with Gasteiger partial charge in [0.25, 0.3) is 0 Å². The van der Waals surface area contributed by atoms with Gasteiger partial charge >= 0.3 is 109 Å². The van der Waals surface area contributed by atoms with Gasteiger partial charge in [0.1, 0.15) is 0 Å². The van der Waals surface area contributed by atoms with Crippen LogP contribution in [0, 0.1) is 5.92 Å². The van der Waals surface area contributed by atoms with Gasteiger partial charge < -0.3 is 0 Å².